The van der Waals surface area contributed by atoms with Crippen molar-refractivity contribution >= 4 is 28.4 Å². The molecule has 1 saturated carbocycles. The first-order valence-corrected chi connectivity index (χ1v) is 14.7. The highest BCUT2D eigenvalue weighted by molar-refractivity contribution is 6.03. The average Bonchev–Trinajstić information content (AvgIpc) is 3.86. The standard InChI is InChI=1S/C34H31N3O6/c1-2-42-30-18-23(16-25-24(30)8-12-36-31(25)20-3-4-20)32(39)37-13-9-34(10-14-37)19-28(38)26-15-21(5-6-29(26)43-34)27-17-22(33(40)41)7-11-35-27/h5-8,11-12,15-18,20H,2-4,9-10,13-14,19H2,1H3,(H,40,41)/p-1. The Morgan fingerprint density at radius 3 is 2.53 bits per heavy atom. The van der Waals surface area contributed by atoms with Crippen molar-refractivity contribution in [1.82, 2.24) is 14.9 Å². The molecule has 2 aromatic heterocycles. The second-order valence-corrected chi connectivity index (χ2v) is 11.6. The van der Waals surface area contributed by atoms with Gasteiger partial charge in [-0.2, -0.15) is 0 Å². The molecule has 43 heavy (non-hydrogen) atoms. The van der Waals surface area contributed by atoms with Gasteiger partial charge in [0.25, 0.3) is 5.91 Å². The summed E-state index contributed by atoms with van der Waals surface area (Å²) in [6, 6.07) is 13.7. The summed E-state index contributed by atoms with van der Waals surface area (Å²) in [5, 5.41) is 13.2. The zero-order chi connectivity index (χ0) is 29.7. The van der Waals surface area contributed by atoms with Crippen LogP contribution < -0.4 is 14.6 Å². The smallest absolute Gasteiger partial charge is 0.254 e. The van der Waals surface area contributed by atoms with Gasteiger partial charge in [0.05, 0.1) is 35.9 Å². The number of aromatic nitrogens is 2. The minimum atomic E-state index is -1.29. The summed E-state index contributed by atoms with van der Waals surface area (Å²) in [7, 11) is 0. The molecule has 1 saturated heterocycles. The quantitative estimate of drug-likeness (QED) is 0.327. The van der Waals surface area contributed by atoms with E-state index in [1.54, 1.807) is 18.2 Å². The van der Waals surface area contributed by atoms with Crippen molar-refractivity contribution in [3.8, 4) is 22.8 Å². The number of Topliss-reactive ketones (excluding diaryl/α,β-unsaturated/α-hetero) is 1. The second kappa shape index (κ2) is 10.5. The molecule has 0 atom stereocenters. The Bertz CT molecular complexity index is 1790. The molecule has 1 spiro atoms. The Kier molecular flexibility index (Phi) is 6.60. The van der Waals surface area contributed by atoms with E-state index >= 15 is 0 Å². The molecule has 1 aliphatic carbocycles. The zero-order valence-corrected chi connectivity index (χ0v) is 23.8. The molecule has 2 aromatic carbocycles. The van der Waals surface area contributed by atoms with E-state index in [2.05, 4.69) is 9.97 Å². The number of rotatable bonds is 6. The topological polar surface area (TPSA) is 122 Å². The number of hydrogen-bond acceptors (Lipinski definition) is 8. The van der Waals surface area contributed by atoms with E-state index in [1.165, 1.54) is 18.3 Å². The van der Waals surface area contributed by atoms with Gasteiger partial charge in [-0.3, -0.25) is 19.6 Å². The summed E-state index contributed by atoms with van der Waals surface area (Å²) >= 11 is 0. The molecule has 9 nitrogen and oxygen atoms in total. The molecular formula is C34H30N3O6-. The van der Waals surface area contributed by atoms with Gasteiger partial charge in [-0.15, -0.1) is 0 Å². The van der Waals surface area contributed by atoms with E-state index in [0.29, 0.717) is 72.3 Å². The molecular weight excluding hydrogens is 546 g/mol. The van der Waals surface area contributed by atoms with Crippen molar-refractivity contribution in [2.75, 3.05) is 19.7 Å². The highest BCUT2D eigenvalue weighted by atomic mass is 16.5. The number of benzene rings is 2. The summed E-state index contributed by atoms with van der Waals surface area (Å²) < 4.78 is 12.4. The minimum Gasteiger partial charge on any atom is -0.545 e. The molecule has 3 aliphatic rings. The fourth-order valence-electron chi connectivity index (χ4n) is 6.30. The van der Waals surface area contributed by atoms with Gasteiger partial charge in [-0.1, -0.05) is 0 Å². The molecule has 0 radical (unpaired) electrons. The number of carbonyl (C=O) groups excluding carboxylic acids is 3. The van der Waals surface area contributed by atoms with Gasteiger partial charge < -0.3 is 24.3 Å². The van der Waals surface area contributed by atoms with Crippen molar-refractivity contribution in [2.24, 2.45) is 0 Å². The minimum absolute atomic E-state index is 0.0170. The Morgan fingerprint density at radius 2 is 1.79 bits per heavy atom. The lowest BCUT2D eigenvalue weighted by Gasteiger charge is -2.44. The van der Waals surface area contributed by atoms with Crippen LogP contribution in [0.1, 0.15) is 81.7 Å². The maximum Gasteiger partial charge on any atom is 0.254 e. The Morgan fingerprint density at radius 1 is 1.00 bits per heavy atom. The number of carboxylic acids is 1. The molecule has 218 valence electrons. The van der Waals surface area contributed by atoms with E-state index < -0.39 is 11.6 Å². The molecule has 0 bridgehead atoms. The lowest BCUT2D eigenvalue weighted by molar-refractivity contribution is -0.255. The van der Waals surface area contributed by atoms with E-state index in [-0.39, 0.29) is 23.7 Å². The van der Waals surface area contributed by atoms with Crippen LogP contribution in [-0.4, -0.2) is 57.8 Å². The maximum absolute atomic E-state index is 13.8. The number of fused-ring (bicyclic) bond motifs is 2. The van der Waals surface area contributed by atoms with Crippen LogP contribution in [0.5, 0.6) is 11.5 Å². The number of carboxylic acid groups (broad SMARTS) is 1. The highest BCUT2D eigenvalue weighted by Gasteiger charge is 2.44. The van der Waals surface area contributed by atoms with Crippen molar-refractivity contribution in [3.05, 3.63) is 83.3 Å². The van der Waals surface area contributed by atoms with Crippen LogP contribution in [0.2, 0.25) is 0 Å². The largest absolute Gasteiger partial charge is 0.545 e. The SMILES string of the molecule is CCOc1cc(C(=O)N2CCC3(CC2)CC(=O)c2cc(-c4cc(C(=O)[O-])ccn4)ccc2O3)cc2c(C3CC3)nccc12. The molecule has 2 fully saturated rings. The van der Waals surface area contributed by atoms with Gasteiger partial charge in [-0.25, -0.2) is 0 Å². The number of hydrogen-bond donors (Lipinski definition) is 0. The summed E-state index contributed by atoms with van der Waals surface area (Å²) in [6.07, 6.45) is 6.71. The predicted molar refractivity (Wildman–Crippen MR) is 156 cm³/mol. The van der Waals surface area contributed by atoms with E-state index in [4.69, 9.17) is 9.47 Å². The van der Waals surface area contributed by atoms with Crippen LogP contribution in [0.25, 0.3) is 22.0 Å². The molecule has 2 aliphatic heterocycles. The van der Waals surface area contributed by atoms with Crippen LogP contribution >= 0.6 is 0 Å². The molecule has 4 heterocycles. The van der Waals surface area contributed by atoms with Crippen LogP contribution in [0.4, 0.5) is 0 Å². The number of ether oxygens (including phenoxy) is 2. The van der Waals surface area contributed by atoms with E-state index in [0.717, 1.165) is 29.3 Å². The van der Waals surface area contributed by atoms with Crippen molar-refractivity contribution < 1.29 is 29.0 Å². The molecule has 7 rings (SSSR count). The lowest BCUT2D eigenvalue weighted by Crippen LogP contribution is -2.52. The number of aromatic carboxylic acids is 1. The van der Waals surface area contributed by atoms with Gasteiger partial charge in [-0.05, 0) is 68.3 Å². The maximum atomic E-state index is 13.8. The number of likely N-dealkylation sites (tertiary alicyclic amines) is 1. The van der Waals surface area contributed by atoms with Gasteiger partial charge >= 0.3 is 0 Å². The number of nitrogens with zero attached hydrogens (tertiary/aromatic N) is 3. The molecule has 0 N–H and O–H groups in total. The van der Waals surface area contributed by atoms with Crippen LogP contribution in [-0.2, 0) is 0 Å². The first kappa shape index (κ1) is 27.1. The predicted octanol–water partition coefficient (Wildman–Crippen LogP) is 4.58. The van der Waals surface area contributed by atoms with Gasteiger partial charge in [0.2, 0.25) is 0 Å². The number of carbonyl (C=O) groups is 3. The van der Waals surface area contributed by atoms with Crippen molar-refractivity contribution in [3.63, 3.8) is 0 Å². The van der Waals surface area contributed by atoms with Gasteiger partial charge in [0.15, 0.2) is 5.78 Å². The van der Waals surface area contributed by atoms with E-state index in [1.807, 2.05) is 36.2 Å². The Balaban J connectivity index is 1.10. The van der Waals surface area contributed by atoms with Crippen molar-refractivity contribution in [2.45, 2.75) is 50.5 Å². The van der Waals surface area contributed by atoms with Crippen LogP contribution in [0, 0.1) is 0 Å². The average molecular weight is 577 g/mol. The summed E-state index contributed by atoms with van der Waals surface area (Å²) in [6.45, 7) is 3.36. The molecule has 9 heteroatoms. The Labute approximate surface area is 248 Å². The number of amides is 1. The van der Waals surface area contributed by atoms with Crippen LogP contribution in [0.15, 0.2) is 60.9 Å². The summed E-state index contributed by atoms with van der Waals surface area (Å²) in [5.74, 6) is 0.216. The number of piperidine rings is 1. The highest BCUT2D eigenvalue weighted by Crippen LogP contribution is 2.44. The number of ketones is 1. The van der Waals surface area contributed by atoms with Gasteiger partial charge in [0, 0.05) is 71.7 Å². The third kappa shape index (κ3) is 4.98. The summed E-state index contributed by atoms with van der Waals surface area (Å²) in [5.41, 5.74) is 2.45. The fraction of sp³-hybridized carbons (Fsp3) is 0.324. The first-order chi connectivity index (χ1) is 20.8. The van der Waals surface area contributed by atoms with Crippen molar-refractivity contribution in [1.29, 1.82) is 0 Å². The van der Waals surface area contributed by atoms with Gasteiger partial charge in [0.1, 0.15) is 17.1 Å². The number of pyridine rings is 2. The fourth-order valence-corrected chi connectivity index (χ4v) is 6.30. The molecule has 4 aromatic rings. The first-order valence-electron chi connectivity index (χ1n) is 14.7. The third-order valence-corrected chi connectivity index (χ3v) is 8.73. The van der Waals surface area contributed by atoms with Crippen LogP contribution in [0.3, 0.4) is 0 Å². The summed E-state index contributed by atoms with van der Waals surface area (Å²) in [4.78, 5) is 49.1. The normalized spacial score (nSPS) is 17.4. The zero-order valence-electron chi connectivity index (χ0n) is 23.8. The Hall–Kier alpha value is -4.79. The lowest BCUT2D eigenvalue weighted by atomic mass is 9.82. The molecule has 0 unspecified atom stereocenters. The third-order valence-electron chi connectivity index (χ3n) is 8.73. The molecule has 1 amide bonds. The second-order valence-electron chi connectivity index (χ2n) is 11.6. The monoisotopic (exact) mass is 576 g/mol. The van der Waals surface area contributed by atoms with E-state index in [9.17, 15) is 19.5 Å².